The first-order valence-corrected chi connectivity index (χ1v) is 7.72. The number of rotatable bonds is 6. The summed E-state index contributed by atoms with van der Waals surface area (Å²) < 4.78 is 1.68. The second-order valence-corrected chi connectivity index (χ2v) is 6.09. The standard InChI is InChI=1S/C16H19N5O3/c1-19(9-11-8-17-20(2)10-11)14-6-3-12(7-15(14)21(23)24)16(22)18-13-4-5-13/h3,6-8,10,13H,4-5,9H2,1-2H3,(H,18,22). The van der Waals surface area contributed by atoms with Crippen LogP contribution in [0.25, 0.3) is 0 Å². The fraction of sp³-hybridized carbons (Fsp3) is 0.375. The van der Waals surface area contributed by atoms with Crippen molar-refractivity contribution in [2.24, 2.45) is 7.05 Å². The summed E-state index contributed by atoms with van der Waals surface area (Å²) in [7, 11) is 3.60. The molecule has 0 atom stereocenters. The van der Waals surface area contributed by atoms with Crippen molar-refractivity contribution in [2.75, 3.05) is 11.9 Å². The normalized spacial score (nSPS) is 13.6. The summed E-state index contributed by atoms with van der Waals surface area (Å²) in [4.78, 5) is 24.8. The molecule has 1 heterocycles. The molecule has 1 aliphatic carbocycles. The van der Waals surface area contributed by atoms with E-state index in [1.807, 2.05) is 13.2 Å². The van der Waals surface area contributed by atoms with E-state index < -0.39 is 4.92 Å². The maximum absolute atomic E-state index is 12.1. The van der Waals surface area contributed by atoms with Crippen LogP contribution in [0.1, 0.15) is 28.8 Å². The van der Waals surface area contributed by atoms with E-state index in [9.17, 15) is 14.9 Å². The quantitative estimate of drug-likeness (QED) is 0.645. The number of nitrogens with one attached hydrogen (secondary N) is 1. The number of carbonyl (C=O) groups is 1. The number of nitro benzene ring substituents is 1. The number of nitro groups is 1. The van der Waals surface area contributed by atoms with Crippen LogP contribution in [-0.2, 0) is 13.6 Å². The number of aryl methyl sites for hydroxylation is 1. The van der Waals surface area contributed by atoms with Gasteiger partial charge in [0.25, 0.3) is 11.6 Å². The van der Waals surface area contributed by atoms with Crippen molar-refractivity contribution in [1.29, 1.82) is 0 Å². The number of amides is 1. The second-order valence-electron chi connectivity index (χ2n) is 6.09. The average Bonchev–Trinajstić information content (AvgIpc) is 3.27. The Bertz CT molecular complexity index is 782. The highest BCUT2D eigenvalue weighted by molar-refractivity contribution is 5.96. The maximum atomic E-state index is 12.1. The monoisotopic (exact) mass is 329 g/mol. The van der Waals surface area contributed by atoms with Gasteiger partial charge in [-0.3, -0.25) is 19.6 Å². The van der Waals surface area contributed by atoms with E-state index in [1.165, 1.54) is 6.07 Å². The number of hydrogen-bond donors (Lipinski definition) is 1. The van der Waals surface area contributed by atoms with Crippen LogP contribution in [0.2, 0.25) is 0 Å². The third-order valence-electron chi connectivity index (χ3n) is 3.94. The van der Waals surface area contributed by atoms with Crippen molar-refractivity contribution in [3.8, 4) is 0 Å². The van der Waals surface area contributed by atoms with E-state index in [4.69, 9.17) is 0 Å². The first-order chi connectivity index (χ1) is 11.4. The third kappa shape index (κ3) is 3.53. The van der Waals surface area contributed by atoms with Crippen LogP contribution in [0, 0.1) is 10.1 Å². The van der Waals surface area contributed by atoms with Gasteiger partial charge < -0.3 is 10.2 Å². The van der Waals surface area contributed by atoms with Crippen molar-refractivity contribution in [2.45, 2.75) is 25.4 Å². The van der Waals surface area contributed by atoms with Crippen LogP contribution >= 0.6 is 0 Å². The van der Waals surface area contributed by atoms with Gasteiger partial charge in [0.15, 0.2) is 0 Å². The molecule has 24 heavy (non-hydrogen) atoms. The second kappa shape index (κ2) is 6.31. The number of aromatic nitrogens is 2. The topological polar surface area (TPSA) is 93.3 Å². The summed E-state index contributed by atoms with van der Waals surface area (Å²) in [6, 6.07) is 4.80. The Morgan fingerprint density at radius 3 is 2.83 bits per heavy atom. The van der Waals surface area contributed by atoms with Gasteiger partial charge in [-0.15, -0.1) is 0 Å². The Morgan fingerprint density at radius 2 is 2.25 bits per heavy atom. The molecule has 1 aromatic carbocycles. The van der Waals surface area contributed by atoms with Crippen LogP contribution in [0.3, 0.4) is 0 Å². The minimum absolute atomic E-state index is 0.0789. The number of carbonyl (C=O) groups excluding carboxylic acids is 1. The van der Waals surface area contributed by atoms with Gasteiger partial charge in [0, 0.05) is 50.1 Å². The Labute approximate surface area is 139 Å². The highest BCUT2D eigenvalue weighted by Crippen LogP contribution is 2.30. The molecule has 2 aromatic rings. The van der Waals surface area contributed by atoms with Crippen LogP contribution < -0.4 is 10.2 Å². The van der Waals surface area contributed by atoms with Gasteiger partial charge in [-0.05, 0) is 25.0 Å². The smallest absolute Gasteiger partial charge is 0.293 e. The lowest BCUT2D eigenvalue weighted by Gasteiger charge is -2.18. The molecule has 126 valence electrons. The fourth-order valence-electron chi connectivity index (χ4n) is 2.54. The Balaban J connectivity index is 1.83. The number of hydrogen-bond acceptors (Lipinski definition) is 5. The molecule has 0 aliphatic heterocycles. The van der Waals surface area contributed by atoms with E-state index in [-0.39, 0.29) is 17.6 Å². The SMILES string of the molecule is CN(Cc1cnn(C)c1)c1ccc(C(=O)NC2CC2)cc1[N+](=O)[O-]. The Kier molecular flexibility index (Phi) is 4.20. The summed E-state index contributed by atoms with van der Waals surface area (Å²) in [5.74, 6) is -0.262. The van der Waals surface area contributed by atoms with E-state index in [0.29, 0.717) is 17.8 Å². The molecule has 1 aromatic heterocycles. The van der Waals surface area contributed by atoms with Crippen LogP contribution in [-0.4, -0.2) is 33.7 Å². The molecular formula is C16H19N5O3. The predicted octanol–water partition coefficient (Wildman–Crippen LogP) is 1.86. The van der Waals surface area contributed by atoms with Crippen molar-refractivity contribution in [3.05, 3.63) is 51.8 Å². The van der Waals surface area contributed by atoms with Crippen molar-refractivity contribution < 1.29 is 9.72 Å². The molecule has 3 rings (SSSR count). The van der Waals surface area contributed by atoms with Crippen molar-refractivity contribution >= 4 is 17.3 Å². The molecule has 8 heteroatoms. The molecule has 0 saturated heterocycles. The first kappa shape index (κ1) is 16.0. The lowest BCUT2D eigenvalue weighted by atomic mass is 10.1. The van der Waals surface area contributed by atoms with Gasteiger partial charge in [-0.2, -0.15) is 5.10 Å². The third-order valence-corrected chi connectivity index (χ3v) is 3.94. The van der Waals surface area contributed by atoms with E-state index in [2.05, 4.69) is 10.4 Å². The number of anilines is 1. The molecular weight excluding hydrogens is 310 g/mol. The summed E-state index contributed by atoms with van der Waals surface area (Å²) >= 11 is 0. The van der Waals surface area contributed by atoms with Crippen LogP contribution in [0.4, 0.5) is 11.4 Å². The summed E-state index contributed by atoms with van der Waals surface area (Å²) in [6.07, 6.45) is 5.53. The van der Waals surface area contributed by atoms with E-state index in [0.717, 1.165) is 18.4 Å². The Hall–Kier alpha value is -2.90. The van der Waals surface area contributed by atoms with Gasteiger partial charge in [-0.1, -0.05) is 0 Å². The Morgan fingerprint density at radius 1 is 1.50 bits per heavy atom. The fourth-order valence-corrected chi connectivity index (χ4v) is 2.54. The van der Waals surface area contributed by atoms with Gasteiger partial charge in [0.2, 0.25) is 0 Å². The zero-order chi connectivity index (χ0) is 17.3. The average molecular weight is 329 g/mol. The van der Waals surface area contributed by atoms with Crippen LogP contribution in [0.5, 0.6) is 0 Å². The molecule has 1 N–H and O–H groups in total. The largest absolute Gasteiger partial charge is 0.365 e. The first-order valence-electron chi connectivity index (χ1n) is 7.72. The highest BCUT2D eigenvalue weighted by Gasteiger charge is 2.26. The zero-order valence-corrected chi connectivity index (χ0v) is 13.6. The molecule has 0 bridgehead atoms. The summed E-state index contributed by atoms with van der Waals surface area (Å²) in [6.45, 7) is 0.488. The summed E-state index contributed by atoms with van der Waals surface area (Å²) in [5, 5.41) is 18.4. The van der Waals surface area contributed by atoms with Gasteiger partial charge in [0.05, 0.1) is 11.1 Å². The zero-order valence-electron chi connectivity index (χ0n) is 13.6. The molecule has 0 spiro atoms. The molecule has 1 saturated carbocycles. The van der Waals surface area contributed by atoms with Gasteiger partial charge in [-0.25, -0.2) is 0 Å². The maximum Gasteiger partial charge on any atom is 0.293 e. The van der Waals surface area contributed by atoms with E-state index >= 15 is 0 Å². The minimum atomic E-state index is -0.455. The molecule has 1 amide bonds. The molecule has 0 radical (unpaired) electrons. The predicted molar refractivity (Wildman–Crippen MR) is 88.9 cm³/mol. The molecule has 1 aliphatic rings. The minimum Gasteiger partial charge on any atom is -0.365 e. The lowest BCUT2D eigenvalue weighted by Crippen LogP contribution is -2.25. The van der Waals surface area contributed by atoms with Crippen molar-refractivity contribution in [3.63, 3.8) is 0 Å². The van der Waals surface area contributed by atoms with Gasteiger partial charge >= 0.3 is 0 Å². The van der Waals surface area contributed by atoms with Gasteiger partial charge in [0.1, 0.15) is 5.69 Å². The van der Waals surface area contributed by atoms with Crippen molar-refractivity contribution in [1.82, 2.24) is 15.1 Å². The number of benzene rings is 1. The molecule has 1 fully saturated rings. The number of nitrogens with zero attached hydrogens (tertiary/aromatic N) is 4. The molecule has 8 nitrogen and oxygen atoms in total. The highest BCUT2D eigenvalue weighted by atomic mass is 16.6. The lowest BCUT2D eigenvalue weighted by molar-refractivity contribution is -0.384. The summed E-state index contributed by atoms with van der Waals surface area (Å²) in [5.41, 5.74) is 1.65. The van der Waals surface area contributed by atoms with Crippen LogP contribution in [0.15, 0.2) is 30.6 Å². The van der Waals surface area contributed by atoms with E-state index in [1.54, 1.807) is 35.0 Å². The molecule has 0 unspecified atom stereocenters.